The molecule has 3 rings (SSSR count). The monoisotopic (exact) mass is 354 g/mol. The van der Waals surface area contributed by atoms with E-state index in [2.05, 4.69) is 13.8 Å². The first kappa shape index (κ1) is 18.8. The molecule has 0 amide bonds. The van der Waals surface area contributed by atoms with E-state index in [4.69, 9.17) is 4.74 Å². The lowest BCUT2D eigenvalue weighted by Crippen LogP contribution is -2.42. The molecule has 1 fully saturated rings. The molecule has 0 aliphatic carbocycles. The van der Waals surface area contributed by atoms with Crippen LogP contribution in [0, 0.1) is 33.1 Å². The van der Waals surface area contributed by atoms with Gasteiger partial charge in [-0.15, -0.1) is 0 Å². The number of phenolic OH excluding ortho intramolecular Hbond substituents is 2. The second-order valence-corrected chi connectivity index (χ2v) is 8.68. The van der Waals surface area contributed by atoms with Gasteiger partial charge in [-0.2, -0.15) is 0 Å². The molecular formula is C23H30O3. The summed E-state index contributed by atoms with van der Waals surface area (Å²) in [7, 11) is 0. The predicted molar refractivity (Wildman–Crippen MR) is 105 cm³/mol. The van der Waals surface area contributed by atoms with Crippen LogP contribution in [-0.2, 0) is 10.3 Å². The molecule has 140 valence electrons. The molecule has 1 aliphatic rings. The van der Waals surface area contributed by atoms with Crippen LogP contribution in [-0.4, -0.2) is 16.8 Å². The van der Waals surface area contributed by atoms with Gasteiger partial charge in [-0.25, -0.2) is 0 Å². The van der Waals surface area contributed by atoms with Gasteiger partial charge < -0.3 is 14.9 Å². The Morgan fingerprint density at radius 1 is 0.769 bits per heavy atom. The Hall–Kier alpha value is -2.00. The van der Waals surface area contributed by atoms with Gasteiger partial charge in [0.2, 0.25) is 0 Å². The molecule has 2 N–H and O–H groups in total. The van der Waals surface area contributed by atoms with Crippen molar-refractivity contribution in [1.82, 2.24) is 0 Å². The van der Waals surface area contributed by atoms with Crippen LogP contribution in [0.25, 0.3) is 0 Å². The molecule has 1 aliphatic heterocycles. The molecule has 3 nitrogen and oxygen atoms in total. The highest BCUT2D eigenvalue weighted by atomic mass is 16.5. The van der Waals surface area contributed by atoms with Gasteiger partial charge in [0.1, 0.15) is 17.1 Å². The molecule has 0 bridgehead atoms. The van der Waals surface area contributed by atoms with Crippen molar-refractivity contribution in [1.29, 1.82) is 0 Å². The molecular weight excluding hydrogens is 324 g/mol. The largest absolute Gasteiger partial charge is 0.507 e. The van der Waals surface area contributed by atoms with E-state index in [0.717, 1.165) is 46.2 Å². The van der Waals surface area contributed by atoms with E-state index in [9.17, 15) is 10.2 Å². The van der Waals surface area contributed by atoms with Gasteiger partial charge in [-0.05, 0) is 104 Å². The summed E-state index contributed by atoms with van der Waals surface area (Å²) in [6.07, 6.45) is 1.87. The summed E-state index contributed by atoms with van der Waals surface area (Å²) in [5, 5.41) is 20.5. The molecule has 1 saturated heterocycles. The number of phenols is 2. The normalized spacial score (nSPS) is 18.7. The third kappa shape index (κ3) is 3.09. The Balaban J connectivity index is 2.28. The van der Waals surface area contributed by atoms with Gasteiger partial charge in [0.05, 0.1) is 0 Å². The molecule has 3 heteroatoms. The number of rotatable bonds is 2. The standard InChI is InChI=1S/C23H30O3/c1-14-9-18(10-15(2)20(14)24)23(13-22(5,6)7-8-26-23)19-11-16(3)21(25)17(4)12-19/h9-12,24-25H,7-8,13H2,1-6H3. The summed E-state index contributed by atoms with van der Waals surface area (Å²) in [6, 6.07) is 8.17. The molecule has 0 unspecified atom stereocenters. The first-order chi connectivity index (χ1) is 12.1. The summed E-state index contributed by atoms with van der Waals surface area (Å²) in [5.41, 5.74) is 5.14. The van der Waals surface area contributed by atoms with Crippen LogP contribution in [0.5, 0.6) is 11.5 Å². The van der Waals surface area contributed by atoms with Crippen molar-refractivity contribution < 1.29 is 14.9 Å². The van der Waals surface area contributed by atoms with Crippen molar-refractivity contribution in [2.75, 3.05) is 6.61 Å². The van der Waals surface area contributed by atoms with Gasteiger partial charge >= 0.3 is 0 Å². The Morgan fingerprint density at radius 2 is 1.15 bits per heavy atom. The molecule has 26 heavy (non-hydrogen) atoms. The fraction of sp³-hybridized carbons (Fsp3) is 0.478. The van der Waals surface area contributed by atoms with E-state index in [-0.39, 0.29) is 5.41 Å². The second-order valence-electron chi connectivity index (χ2n) is 8.68. The Morgan fingerprint density at radius 3 is 1.50 bits per heavy atom. The van der Waals surface area contributed by atoms with E-state index in [1.165, 1.54) is 0 Å². The fourth-order valence-electron chi connectivity index (χ4n) is 4.23. The maximum Gasteiger partial charge on any atom is 0.121 e. The van der Waals surface area contributed by atoms with Crippen LogP contribution in [0.2, 0.25) is 0 Å². The average molecular weight is 354 g/mol. The number of hydrogen-bond acceptors (Lipinski definition) is 3. The second kappa shape index (κ2) is 6.31. The fourth-order valence-corrected chi connectivity index (χ4v) is 4.23. The maximum atomic E-state index is 10.2. The maximum absolute atomic E-state index is 10.2. The highest BCUT2D eigenvalue weighted by Gasteiger charge is 2.44. The van der Waals surface area contributed by atoms with Crippen LogP contribution in [0.1, 0.15) is 60.1 Å². The molecule has 0 aromatic heterocycles. The van der Waals surface area contributed by atoms with Crippen LogP contribution in [0.3, 0.4) is 0 Å². The van der Waals surface area contributed by atoms with Gasteiger partial charge in [-0.1, -0.05) is 13.8 Å². The zero-order valence-corrected chi connectivity index (χ0v) is 16.7. The summed E-state index contributed by atoms with van der Waals surface area (Å²) >= 11 is 0. The van der Waals surface area contributed by atoms with Gasteiger partial charge in [0.15, 0.2) is 0 Å². The SMILES string of the molecule is Cc1cc(C2(c3cc(C)c(O)c(C)c3)CC(C)(C)CCO2)cc(C)c1O. The van der Waals surface area contributed by atoms with Crippen LogP contribution in [0.4, 0.5) is 0 Å². The average Bonchev–Trinajstić information content (AvgIpc) is 2.55. The Labute approximate surface area is 156 Å². The number of hydrogen-bond donors (Lipinski definition) is 2. The van der Waals surface area contributed by atoms with Crippen molar-refractivity contribution in [3.63, 3.8) is 0 Å². The highest BCUT2D eigenvalue weighted by Crippen LogP contribution is 2.50. The van der Waals surface area contributed by atoms with Gasteiger partial charge in [-0.3, -0.25) is 0 Å². The van der Waals surface area contributed by atoms with E-state index in [1.54, 1.807) is 0 Å². The summed E-state index contributed by atoms with van der Waals surface area (Å²) in [5.74, 6) is 0.689. The van der Waals surface area contributed by atoms with Gasteiger partial charge in [0, 0.05) is 6.61 Å². The quantitative estimate of drug-likeness (QED) is 0.758. The van der Waals surface area contributed by atoms with E-state index in [0.29, 0.717) is 18.1 Å². The highest BCUT2D eigenvalue weighted by molar-refractivity contribution is 5.51. The minimum atomic E-state index is -0.575. The molecule has 0 spiro atoms. The minimum Gasteiger partial charge on any atom is -0.507 e. The zero-order chi connectivity index (χ0) is 19.3. The van der Waals surface area contributed by atoms with Crippen LogP contribution in [0.15, 0.2) is 24.3 Å². The van der Waals surface area contributed by atoms with Gasteiger partial charge in [0.25, 0.3) is 0 Å². The number of benzene rings is 2. The molecule has 1 heterocycles. The predicted octanol–water partition coefficient (Wildman–Crippen LogP) is 5.41. The lowest BCUT2D eigenvalue weighted by atomic mass is 9.69. The number of aromatic hydroxyl groups is 2. The van der Waals surface area contributed by atoms with Crippen molar-refractivity contribution in [3.05, 3.63) is 57.6 Å². The molecule has 0 saturated carbocycles. The Kier molecular flexibility index (Phi) is 4.56. The van der Waals surface area contributed by atoms with Crippen molar-refractivity contribution in [3.8, 4) is 11.5 Å². The van der Waals surface area contributed by atoms with E-state index >= 15 is 0 Å². The first-order valence-corrected chi connectivity index (χ1v) is 9.31. The van der Waals surface area contributed by atoms with Crippen LogP contribution >= 0.6 is 0 Å². The van der Waals surface area contributed by atoms with Crippen LogP contribution < -0.4 is 0 Å². The van der Waals surface area contributed by atoms with Crippen molar-refractivity contribution in [2.24, 2.45) is 5.41 Å². The third-order valence-corrected chi connectivity index (χ3v) is 5.77. The zero-order valence-electron chi connectivity index (χ0n) is 16.7. The van der Waals surface area contributed by atoms with Crippen molar-refractivity contribution in [2.45, 2.75) is 60.0 Å². The third-order valence-electron chi connectivity index (χ3n) is 5.77. The minimum absolute atomic E-state index is 0.137. The Bertz CT molecular complexity index is 745. The summed E-state index contributed by atoms with van der Waals surface area (Å²) in [4.78, 5) is 0. The lowest BCUT2D eigenvalue weighted by molar-refractivity contribution is -0.0972. The molecule has 0 radical (unpaired) electrons. The molecule has 2 aromatic carbocycles. The molecule has 0 atom stereocenters. The summed E-state index contributed by atoms with van der Waals surface area (Å²) < 4.78 is 6.51. The molecule has 2 aromatic rings. The first-order valence-electron chi connectivity index (χ1n) is 9.31. The smallest absolute Gasteiger partial charge is 0.121 e. The van der Waals surface area contributed by atoms with Crippen molar-refractivity contribution >= 4 is 0 Å². The van der Waals surface area contributed by atoms with E-state index < -0.39 is 5.60 Å². The number of aryl methyl sites for hydroxylation is 4. The lowest BCUT2D eigenvalue weighted by Gasteiger charge is -2.46. The summed E-state index contributed by atoms with van der Waals surface area (Å²) in [6.45, 7) is 13.0. The van der Waals surface area contributed by atoms with E-state index in [1.807, 2.05) is 52.0 Å². The number of ether oxygens (including phenoxy) is 1. The topological polar surface area (TPSA) is 49.7 Å².